The Kier molecular flexibility index (Phi) is 9.96. The fourth-order valence-electron chi connectivity index (χ4n) is 4.24. The van der Waals surface area contributed by atoms with Crippen LogP contribution in [0.15, 0.2) is 137 Å². The molecular formula is C35H28ClN3O4S. The average Bonchev–Trinajstić information content (AvgIpc) is 3.56. The summed E-state index contributed by atoms with van der Waals surface area (Å²) in [7, 11) is 0. The van der Waals surface area contributed by atoms with E-state index in [0.29, 0.717) is 27.7 Å². The van der Waals surface area contributed by atoms with E-state index in [9.17, 15) is 14.4 Å². The highest BCUT2D eigenvalue weighted by molar-refractivity contribution is 8.00. The zero-order valence-electron chi connectivity index (χ0n) is 23.6. The van der Waals surface area contributed by atoms with Crippen LogP contribution in [0.2, 0.25) is 5.02 Å². The summed E-state index contributed by atoms with van der Waals surface area (Å²) in [5.41, 5.74) is 3.33. The van der Waals surface area contributed by atoms with Gasteiger partial charge in [0.05, 0.1) is 6.26 Å². The van der Waals surface area contributed by atoms with Gasteiger partial charge in [0.2, 0.25) is 5.91 Å². The first-order valence-electron chi connectivity index (χ1n) is 13.7. The number of hydrogen-bond donors (Lipinski definition) is 3. The highest BCUT2D eigenvalue weighted by Gasteiger charge is 2.23. The van der Waals surface area contributed by atoms with Gasteiger partial charge in [-0.05, 0) is 78.7 Å². The Morgan fingerprint density at radius 1 is 0.818 bits per heavy atom. The van der Waals surface area contributed by atoms with Crippen molar-refractivity contribution in [3.63, 3.8) is 0 Å². The molecule has 0 aliphatic heterocycles. The number of aryl methyl sites for hydroxylation is 1. The fourth-order valence-corrected chi connectivity index (χ4v) is 5.43. The lowest BCUT2D eigenvalue weighted by Crippen LogP contribution is -2.30. The number of halogens is 1. The van der Waals surface area contributed by atoms with Crippen LogP contribution in [0.5, 0.6) is 0 Å². The van der Waals surface area contributed by atoms with Gasteiger partial charge in [0.1, 0.15) is 16.7 Å². The van der Waals surface area contributed by atoms with Crippen LogP contribution in [-0.2, 0) is 9.59 Å². The number of nitrogens with one attached hydrogen (secondary N) is 3. The molecule has 0 saturated carbocycles. The van der Waals surface area contributed by atoms with Crippen LogP contribution >= 0.6 is 23.4 Å². The third-order valence-electron chi connectivity index (χ3n) is 6.52. The van der Waals surface area contributed by atoms with Crippen LogP contribution in [0.1, 0.15) is 32.5 Å². The highest BCUT2D eigenvalue weighted by Crippen LogP contribution is 2.37. The SMILES string of the molecule is Cc1ccc(Cl)cc1NC(=O)C(Sc1ccc(NC(=O)/C(=C/c2ccco2)NC(=O)c2ccccc2)cc1)c1ccccc1. The lowest BCUT2D eigenvalue weighted by Gasteiger charge is -2.18. The Balaban J connectivity index is 1.31. The third kappa shape index (κ3) is 8.06. The summed E-state index contributed by atoms with van der Waals surface area (Å²) in [6, 6.07) is 34.0. The van der Waals surface area contributed by atoms with Crippen molar-refractivity contribution < 1.29 is 18.8 Å². The maximum Gasteiger partial charge on any atom is 0.272 e. The molecule has 44 heavy (non-hydrogen) atoms. The molecule has 1 aromatic heterocycles. The van der Waals surface area contributed by atoms with E-state index < -0.39 is 17.1 Å². The van der Waals surface area contributed by atoms with Gasteiger partial charge in [-0.1, -0.05) is 66.2 Å². The van der Waals surface area contributed by atoms with Crippen molar-refractivity contribution in [2.24, 2.45) is 0 Å². The number of furan rings is 1. The zero-order valence-corrected chi connectivity index (χ0v) is 25.2. The molecule has 3 N–H and O–H groups in total. The standard InChI is InChI=1S/C35H28ClN3O4S/c1-23-14-15-26(36)21-30(23)38-35(42)32(24-9-4-2-5-10-24)44-29-18-16-27(17-19-29)37-34(41)31(22-28-13-8-20-43-28)39-33(40)25-11-6-3-7-12-25/h2-22,32H,1H3,(H,37,41)(H,38,42)(H,39,40)/b31-22-. The van der Waals surface area contributed by atoms with E-state index in [4.69, 9.17) is 16.0 Å². The Labute approximate surface area is 264 Å². The first-order valence-corrected chi connectivity index (χ1v) is 14.9. The summed E-state index contributed by atoms with van der Waals surface area (Å²) in [6.07, 6.45) is 2.95. The van der Waals surface area contributed by atoms with Crippen LogP contribution in [0, 0.1) is 6.92 Å². The molecule has 0 bridgehead atoms. The van der Waals surface area contributed by atoms with E-state index in [0.717, 1.165) is 16.0 Å². The molecule has 1 heterocycles. The third-order valence-corrected chi connectivity index (χ3v) is 8.02. The molecule has 0 aliphatic carbocycles. The quantitative estimate of drug-likeness (QED) is 0.108. The van der Waals surface area contributed by atoms with Gasteiger partial charge in [-0.25, -0.2) is 0 Å². The van der Waals surface area contributed by atoms with Crippen LogP contribution in [0.3, 0.4) is 0 Å². The number of amides is 3. The molecule has 0 radical (unpaired) electrons. The zero-order chi connectivity index (χ0) is 30.9. The molecule has 1 atom stereocenters. The minimum Gasteiger partial charge on any atom is -0.465 e. The number of carbonyl (C=O) groups is 3. The number of anilines is 2. The average molecular weight is 622 g/mol. The predicted molar refractivity (Wildman–Crippen MR) is 176 cm³/mol. The Bertz CT molecular complexity index is 1770. The van der Waals surface area contributed by atoms with Crippen molar-refractivity contribution in [3.8, 4) is 0 Å². The summed E-state index contributed by atoms with van der Waals surface area (Å²) in [6.45, 7) is 1.91. The maximum absolute atomic E-state index is 13.5. The van der Waals surface area contributed by atoms with Gasteiger partial charge in [0.25, 0.3) is 11.8 Å². The number of thioether (sulfide) groups is 1. The first kappa shape index (κ1) is 30.4. The molecule has 0 spiro atoms. The maximum atomic E-state index is 13.5. The minimum atomic E-state index is -0.550. The number of benzene rings is 4. The van der Waals surface area contributed by atoms with Gasteiger partial charge in [-0.3, -0.25) is 14.4 Å². The largest absolute Gasteiger partial charge is 0.465 e. The molecule has 9 heteroatoms. The van der Waals surface area contributed by atoms with Gasteiger partial charge in [-0.15, -0.1) is 11.8 Å². The summed E-state index contributed by atoms with van der Waals surface area (Å²) in [5, 5.41) is 8.51. The topological polar surface area (TPSA) is 100 Å². The lowest BCUT2D eigenvalue weighted by molar-refractivity contribution is -0.116. The van der Waals surface area contributed by atoms with Gasteiger partial charge in [0, 0.05) is 32.9 Å². The predicted octanol–water partition coefficient (Wildman–Crippen LogP) is 8.12. The summed E-state index contributed by atoms with van der Waals surface area (Å²) >= 11 is 7.55. The van der Waals surface area contributed by atoms with E-state index >= 15 is 0 Å². The van der Waals surface area contributed by atoms with Gasteiger partial charge in [-0.2, -0.15) is 0 Å². The van der Waals surface area contributed by atoms with E-state index in [-0.39, 0.29) is 11.6 Å². The van der Waals surface area contributed by atoms with Crippen molar-refractivity contribution in [3.05, 3.63) is 155 Å². The second-order valence-corrected chi connectivity index (χ2v) is 11.3. The van der Waals surface area contributed by atoms with E-state index in [2.05, 4.69) is 16.0 Å². The summed E-state index contributed by atoms with van der Waals surface area (Å²) in [4.78, 5) is 40.4. The normalized spacial score (nSPS) is 11.8. The Morgan fingerprint density at radius 3 is 2.20 bits per heavy atom. The Hall–Kier alpha value is -5.05. The summed E-state index contributed by atoms with van der Waals surface area (Å²) < 4.78 is 5.36. The van der Waals surface area contributed by atoms with Crippen molar-refractivity contribution in [2.75, 3.05) is 10.6 Å². The number of carbonyl (C=O) groups excluding carboxylic acids is 3. The molecule has 0 fully saturated rings. The molecule has 1 unspecified atom stereocenters. The second-order valence-electron chi connectivity index (χ2n) is 9.73. The van der Waals surface area contributed by atoms with E-state index in [1.165, 1.54) is 24.1 Å². The molecule has 4 aromatic carbocycles. The van der Waals surface area contributed by atoms with Crippen LogP contribution in [0.25, 0.3) is 6.08 Å². The number of hydrogen-bond acceptors (Lipinski definition) is 5. The molecule has 5 aromatic rings. The molecule has 7 nitrogen and oxygen atoms in total. The molecular weight excluding hydrogens is 594 g/mol. The molecule has 0 aliphatic rings. The van der Waals surface area contributed by atoms with Crippen molar-refractivity contribution in [1.29, 1.82) is 0 Å². The van der Waals surface area contributed by atoms with Crippen LogP contribution in [0.4, 0.5) is 11.4 Å². The van der Waals surface area contributed by atoms with E-state index in [1.807, 2.05) is 55.5 Å². The van der Waals surface area contributed by atoms with Crippen molar-refractivity contribution in [1.82, 2.24) is 5.32 Å². The molecule has 3 amide bonds. The number of rotatable bonds is 10. The Morgan fingerprint density at radius 2 is 1.52 bits per heavy atom. The fraction of sp³-hybridized carbons (Fsp3) is 0.0571. The second kappa shape index (κ2) is 14.4. The molecule has 220 valence electrons. The van der Waals surface area contributed by atoms with Crippen molar-refractivity contribution in [2.45, 2.75) is 17.1 Å². The van der Waals surface area contributed by atoms with Crippen LogP contribution < -0.4 is 16.0 Å². The highest BCUT2D eigenvalue weighted by atomic mass is 35.5. The summed E-state index contributed by atoms with van der Waals surface area (Å²) in [5.74, 6) is -0.729. The minimum absolute atomic E-state index is 0.0179. The van der Waals surface area contributed by atoms with Gasteiger partial charge in [0.15, 0.2) is 0 Å². The van der Waals surface area contributed by atoms with Gasteiger partial charge < -0.3 is 20.4 Å². The monoisotopic (exact) mass is 621 g/mol. The van der Waals surface area contributed by atoms with Crippen molar-refractivity contribution >= 4 is 58.5 Å². The van der Waals surface area contributed by atoms with E-state index in [1.54, 1.807) is 66.7 Å². The molecule has 5 rings (SSSR count). The smallest absolute Gasteiger partial charge is 0.272 e. The van der Waals surface area contributed by atoms with Crippen LogP contribution in [-0.4, -0.2) is 17.7 Å². The first-order chi connectivity index (χ1) is 21.4. The van der Waals surface area contributed by atoms with Gasteiger partial charge >= 0.3 is 0 Å². The molecule has 0 saturated heterocycles. The lowest BCUT2D eigenvalue weighted by atomic mass is 10.1.